The van der Waals surface area contributed by atoms with Crippen LogP contribution in [0.25, 0.3) is 0 Å². The number of carbonyl (C=O) groups is 1. The highest BCUT2D eigenvalue weighted by Crippen LogP contribution is 2.29. The average Bonchev–Trinajstić information content (AvgIpc) is 2.51. The third kappa shape index (κ3) is 5.16. The van der Waals surface area contributed by atoms with Gasteiger partial charge in [-0.2, -0.15) is 0 Å². The second-order valence-electron chi connectivity index (χ2n) is 5.71. The molecule has 0 saturated heterocycles. The number of unbranched alkanes of at least 4 members (excludes halogenated alkanes) is 2. The van der Waals surface area contributed by atoms with Crippen molar-refractivity contribution in [2.45, 2.75) is 57.9 Å². The molecule has 1 N–H and O–H groups in total. The molecule has 1 atom stereocenters. The second-order valence-corrected chi connectivity index (χ2v) is 5.71. The Morgan fingerprint density at radius 2 is 2.14 bits per heavy atom. The first-order valence-electron chi connectivity index (χ1n) is 8.28. The first-order valence-corrected chi connectivity index (χ1v) is 8.28. The molecule has 0 heterocycles. The Morgan fingerprint density at radius 1 is 1.29 bits per heavy atom. The summed E-state index contributed by atoms with van der Waals surface area (Å²) < 4.78 is 4.93. The summed E-state index contributed by atoms with van der Waals surface area (Å²) in [5.74, 6) is -0.0633. The molecule has 1 unspecified atom stereocenters. The average molecular weight is 289 g/mol. The minimum Gasteiger partial charge on any atom is -0.466 e. The molecule has 1 aliphatic rings. The van der Waals surface area contributed by atoms with Gasteiger partial charge in [-0.05, 0) is 56.7 Å². The van der Waals surface area contributed by atoms with E-state index in [0.717, 1.165) is 25.8 Å². The van der Waals surface area contributed by atoms with E-state index in [1.54, 1.807) is 0 Å². The van der Waals surface area contributed by atoms with Crippen molar-refractivity contribution in [1.82, 2.24) is 5.32 Å². The van der Waals surface area contributed by atoms with E-state index < -0.39 is 0 Å². The number of fused-ring (bicyclic) bond motifs is 1. The summed E-state index contributed by atoms with van der Waals surface area (Å²) in [6, 6.07) is 9.30. The Bertz CT molecular complexity index is 445. The number of aryl methyl sites for hydroxylation is 1. The van der Waals surface area contributed by atoms with Crippen LogP contribution < -0.4 is 5.32 Å². The number of nitrogens with one attached hydrogen (secondary N) is 1. The molecule has 0 fully saturated rings. The molecule has 0 bridgehead atoms. The Balaban J connectivity index is 1.63. The monoisotopic (exact) mass is 289 g/mol. The van der Waals surface area contributed by atoms with E-state index in [2.05, 4.69) is 29.6 Å². The summed E-state index contributed by atoms with van der Waals surface area (Å²) in [5.41, 5.74) is 2.99. The molecule has 1 aromatic carbocycles. The highest BCUT2D eigenvalue weighted by Gasteiger charge is 2.18. The minimum atomic E-state index is -0.0633. The minimum absolute atomic E-state index is 0.0633. The summed E-state index contributed by atoms with van der Waals surface area (Å²) in [4.78, 5) is 11.2. The van der Waals surface area contributed by atoms with Gasteiger partial charge in [0.15, 0.2) is 0 Å². The molecule has 0 spiro atoms. The lowest BCUT2D eigenvalue weighted by atomic mass is 9.88. The standard InChI is InChI=1S/C18H27NO2/c1-2-21-18(20)13-4-3-7-14-19-17-12-8-10-15-9-5-6-11-16(15)17/h5-6,9,11,17,19H,2-4,7-8,10,12-14H2,1H3. The number of hydrogen-bond acceptors (Lipinski definition) is 3. The maximum absolute atomic E-state index is 11.2. The zero-order chi connectivity index (χ0) is 14.9. The van der Waals surface area contributed by atoms with Crippen molar-refractivity contribution >= 4 is 5.97 Å². The lowest BCUT2D eigenvalue weighted by Crippen LogP contribution is -2.26. The van der Waals surface area contributed by atoms with Gasteiger partial charge in [-0.1, -0.05) is 30.7 Å². The molecular weight excluding hydrogens is 262 g/mol. The molecular formula is C18H27NO2. The summed E-state index contributed by atoms with van der Waals surface area (Å²) in [6.45, 7) is 3.37. The summed E-state index contributed by atoms with van der Waals surface area (Å²) in [6.07, 6.45) is 7.42. The van der Waals surface area contributed by atoms with Gasteiger partial charge in [-0.3, -0.25) is 4.79 Å². The molecule has 0 amide bonds. The molecule has 116 valence electrons. The first-order chi connectivity index (χ1) is 10.3. The maximum Gasteiger partial charge on any atom is 0.305 e. The van der Waals surface area contributed by atoms with E-state index in [-0.39, 0.29) is 5.97 Å². The quantitative estimate of drug-likeness (QED) is 0.584. The number of carbonyl (C=O) groups excluding carboxylic acids is 1. The van der Waals surface area contributed by atoms with E-state index in [4.69, 9.17) is 4.74 Å². The Kier molecular flexibility index (Phi) is 6.74. The fourth-order valence-corrected chi connectivity index (χ4v) is 3.05. The van der Waals surface area contributed by atoms with Crippen LogP contribution in [-0.2, 0) is 16.0 Å². The fourth-order valence-electron chi connectivity index (χ4n) is 3.05. The van der Waals surface area contributed by atoms with Gasteiger partial charge in [-0.25, -0.2) is 0 Å². The van der Waals surface area contributed by atoms with Crippen LogP contribution in [0.1, 0.15) is 62.6 Å². The predicted octanol–water partition coefficient (Wildman–Crippen LogP) is 3.78. The smallest absolute Gasteiger partial charge is 0.305 e. The van der Waals surface area contributed by atoms with Crippen molar-refractivity contribution in [3.63, 3.8) is 0 Å². The van der Waals surface area contributed by atoms with Gasteiger partial charge >= 0.3 is 5.97 Å². The molecule has 1 aliphatic carbocycles. The fraction of sp³-hybridized carbons (Fsp3) is 0.611. The van der Waals surface area contributed by atoms with Gasteiger partial charge in [0, 0.05) is 12.5 Å². The van der Waals surface area contributed by atoms with Crippen molar-refractivity contribution < 1.29 is 9.53 Å². The molecule has 0 aliphatic heterocycles. The molecule has 0 radical (unpaired) electrons. The number of benzene rings is 1. The lowest BCUT2D eigenvalue weighted by molar-refractivity contribution is -0.143. The van der Waals surface area contributed by atoms with Crippen LogP contribution >= 0.6 is 0 Å². The highest BCUT2D eigenvalue weighted by atomic mass is 16.5. The number of rotatable bonds is 8. The van der Waals surface area contributed by atoms with E-state index in [0.29, 0.717) is 19.1 Å². The van der Waals surface area contributed by atoms with Gasteiger partial charge in [0.25, 0.3) is 0 Å². The van der Waals surface area contributed by atoms with Gasteiger partial charge in [-0.15, -0.1) is 0 Å². The molecule has 3 nitrogen and oxygen atoms in total. The molecule has 1 aromatic rings. The maximum atomic E-state index is 11.2. The molecule has 0 aromatic heterocycles. The number of ether oxygens (including phenoxy) is 1. The summed E-state index contributed by atoms with van der Waals surface area (Å²) >= 11 is 0. The molecule has 3 heteroatoms. The van der Waals surface area contributed by atoms with Crippen LogP contribution in [0.5, 0.6) is 0 Å². The zero-order valence-electron chi connectivity index (χ0n) is 13.1. The van der Waals surface area contributed by atoms with Crippen LogP contribution in [0.3, 0.4) is 0 Å². The zero-order valence-corrected chi connectivity index (χ0v) is 13.1. The van der Waals surface area contributed by atoms with E-state index in [1.165, 1.54) is 30.4 Å². The van der Waals surface area contributed by atoms with Crippen molar-refractivity contribution in [3.05, 3.63) is 35.4 Å². The van der Waals surface area contributed by atoms with E-state index in [9.17, 15) is 4.79 Å². The summed E-state index contributed by atoms with van der Waals surface area (Å²) in [5, 5.41) is 3.67. The second kappa shape index (κ2) is 8.83. The SMILES string of the molecule is CCOC(=O)CCCCCNC1CCCc2ccccc21. The van der Waals surface area contributed by atoms with Gasteiger partial charge in [0.2, 0.25) is 0 Å². The topological polar surface area (TPSA) is 38.3 Å². The third-order valence-electron chi connectivity index (χ3n) is 4.12. The first kappa shape index (κ1) is 16.0. The van der Waals surface area contributed by atoms with Crippen LogP contribution in [-0.4, -0.2) is 19.1 Å². The molecule has 21 heavy (non-hydrogen) atoms. The Morgan fingerprint density at radius 3 is 3.00 bits per heavy atom. The van der Waals surface area contributed by atoms with Crippen LogP contribution in [0.2, 0.25) is 0 Å². The predicted molar refractivity (Wildman–Crippen MR) is 85.2 cm³/mol. The van der Waals surface area contributed by atoms with Crippen molar-refractivity contribution in [2.75, 3.05) is 13.2 Å². The van der Waals surface area contributed by atoms with Crippen molar-refractivity contribution in [1.29, 1.82) is 0 Å². The third-order valence-corrected chi connectivity index (χ3v) is 4.12. The number of esters is 1. The van der Waals surface area contributed by atoms with Gasteiger partial charge < -0.3 is 10.1 Å². The Labute approximate surface area is 128 Å². The van der Waals surface area contributed by atoms with Gasteiger partial charge in [0.05, 0.1) is 6.61 Å². The lowest BCUT2D eigenvalue weighted by Gasteiger charge is -2.26. The van der Waals surface area contributed by atoms with Crippen LogP contribution in [0.15, 0.2) is 24.3 Å². The van der Waals surface area contributed by atoms with Gasteiger partial charge in [0.1, 0.15) is 0 Å². The van der Waals surface area contributed by atoms with Crippen LogP contribution in [0.4, 0.5) is 0 Å². The van der Waals surface area contributed by atoms with E-state index >= 15 is 0 Å². The molecule has 0 saturated carbocycles. The number of hydrogen-bond donors (Lipinski definition) is 1. The van der Waals surface area contributed by atoms with Crippen molar-refractivity contribution in [3.8, 4) is 0 Å². The highest BCUT2D eigenvalue weighted by molar-refractivity contribution is 5.69. The largest absolute Gasteiger partial charge is 0.466 e. The van der Waals surface area contributed by atoms with Crippen LogP contribution in [0, 0.1) is 0 Å². The van der Waals surface area contributed by atoms with E-state index in [1.807, 2.05) is 6.92 Å². The van der Waals surface area contributed by atoms with Crippen molar-refractivity contribution in [2.24, 2.45) is 0 Å². The normalized spacial score (nSPS) is 17.3. The molecule has 2 rings (SSSR count). The summed E-state index contributed by atoms with van der Waals surface area (Å²) in [7, 11) is 0. The Hall–Kier alpha value is -1.35.